The van der Waals surface area contributed by atoms with Crippen LogP contribution in [0.1, 0.15) is 11.1 Å². The van der Waals surface area contributed by atoms with Crippen LogP contribution in [0.2, 0.25) is 0 Å². The molecular weight excluding hydrogens is 304 g/mol. The normalized spacial score (nSPS) is 13.8. The average molecular weight is 318 g/mol. The Kier molecular flexibility index (Phi) is 3.65. The van der Waals surface area contributed by atoms with Crippen LogP contribution in [0.5, 0.6) is 0 Å². The first-order valence-electron chi connectivity index (χ1n) is 6.57. The van der Waals surface area contributed by atoms with Gasteiger partial charge in [0.25, 0.3) is 10.2 Å². The number of carbonyl (C=O) groups is 1. The highest BCUT2D eigenvalue weighted by molar-refractivity contribution is 7.87. The molecule has 0 spiro atoms. The van der Waals surface area contributed by atoms with Crippen molar-refractivity contribution >= 4 is 21.9 Å². The van der Waals surface area contributed by atoms with Crippen molar-refractivity contribution in [3.05, 3.63) is 47.7 Å². The molecule has 0 radical (unpaired) electrons. The highest BCUT2D eigenvalue weighted by Gasteiger charge is 2.22. The highest BCUT2D eigenvalue weighted by Crippen LogP contribution is 2.31. The lowest BCUT2D eigenvalue weighted by atomic mass is 9.99. The van der Waals surface area contributed by atoms with Crippen LogP contribution in [-0.2, 0) is 28.0 Å². The van der Waals surface area contributed by atoms with Crippen molar-refractivity contribution in [1.29, 1.82) is 0 Å². The fraction of sp³-hybridized carbons (Fsp3) is 0.143. The van der Waals surface area contributed by atoms with E-state index in [1.165, 1.54) is 0 Å². The minimum absolute atomic E-state index is 0.0658. The molecule has 3 rings (SSSR count). The quantitative estimate of drug-likeness (QED) is 0.763. The average Bonchev–Trinajstić information content (AvgIpc) is 2.85. The van der Waals surface area contributed by atoms with Crippen LogP contribution in [0.25, 0.3) is 11.1 Å². The number of pyridine rings is 1. The van der Waals surface area contributed by atoms with Crippen LogP contribution in [0.4, 0.5) is 5.82 Å². The summed E-state index contributed by atoms with van der Waals surface area (Å²) in [5, 5.41) is 7.61. The molecule has 0 saturated heterocycles. The molecule has 1 aromatic carbocycles. The van der Waals surface area contributed by atoms with Gasteiger partial charge in [0.1, 0.15) is 5.82 Å². The van der Waals surface area contributed by atoms with Crippen LogP contribution in [0, 0.1) is 0 Å². The van der Waals surface area contributed by atoms with Gasteiger partial charge < -0.3 is 5.32 Å². The van der Waals surface area contributed by atoms with Crippen molar-refractivity contribution in [3.8, 4) is 11.1 Å². The van der Waals surface area contributed by atoms with Gasteiger partial charge in [-0.2, -0.15) is 13.1 Å². The molecule has 8 heteroatoms. The molecular formula is C14H14N4O3S. The van der Waals surface area contributed by atoms with E-state index in [-0.39, 0.29) is 12.5 Å². The molecule has 0 saturated carbocycles. The fourth-order valence-electron chi connectivity index (χ4n) is 2.37. The van der Waals surface area contributed by atoms with E-state index in [2.05, 4.69) is 15.0 Å². The maximum absolute atomic E-state index is 11.5. The molecule has 0 fully saturated rings. The summed E-state index contributed by atoms with van der Waals surface area (Å²) in [5.74, 6) is 0.534. The number of aromatic nitrogens is 1. The van der Waals surface area contributed by atoms with Crippen molar-refractivity contribution < 1.29 is 13.2 Å². The lowest BCUT2D eigenvalue weighted by molar-refractivity contribution is -0.115. The summed E-state index contributed by atoms with van der Waals surface area (Å²) >= 11 is 0. The Balaban J connectivity index is 1.85. The van der Waals surface area contributed by atoms with Crippen LogP contribution in [-0.4, -0.2) is 19.3 Å². The molecule has 0 aliphatic carbocycles. The number of anilines is 1. The molecule has 1 aliphatic heterocycles. The molecule has 0 unspecified atom stereocenters. The highest BCUT2D eigenvalue weighted by atomic mass is 32.2. The Morgan fingerprint density at radius 2 is 1.95 bits per heavy atom. The van der Waals surface area contributed by atoms with Crippen LogP contribution in [0.3, 0.4) is 0 Å². The van der Waals surface area contributed by atoms with Gasteiger partial charge in [-0.05, 0) is 22.8 Å². The monoisotopic (exact) mass is 318 g/mol. The topological polar surface area (TPSA) is 114 Å². The van der Waals surface area contributed by atoms with E-state index in [4.69, 9.17) is 5.14 Å². The number of nitrogens with two attached hydrogens (primary N) is 1. The van der Waals surface area contributed by atoms with Gasteiger partial charge in [0.15, 0.2) is 0 Å². The number of benzene rings is 1. The van der Waals surface area contributed by atoms with Crippen molar-refractivity contribution in [3.63, 3.8) is 0 Å². The number of hydrogen-bond acceptors (Lipinski definition) is 4. The summed E-state index contributed by atoms with van der Waals surface area (Å²) in [4.78, 5) is 15.6. The zero-order valence-electron chi connectivity index (χ0n) is 11.5. The maximum atomic E-state index is 11.5. The van der Waals surface area contributed by atoms with Gasteiger partial charge in [0.05, 0.1) is 6.42 Å². The zero-order valence-corrected chi connectivity index (χ0v) is 12.4. The number of hydrogen-bond donors (Lipinski definition) is 3. The predicted octanol–water partition coefficient (Wildman–Crippen LogP) is 0.536. The van der Waals surface area contributed by atoms with E-state index >= 15 is 0 Å². The van der Waals surface area contributed by atoms with Crippen LogP contribution < -0.4 is 15.2 Å². The Morgan fingerprint density at radius 1 is 1.23 bits per heavy atom. The van der Waals surface area contributed by atoms with E-state index < -0.39 is 10.2 Å². The lowest BCUT2D eigenvalue weighted by Crippen LogP contribution is -2.30. The molecule has 0 atom stereocenters. The van der Waals surface area contributed by atoms with Crippen molar-refractivity contribution in [2.24, 2.45) is 5.14 Å². The Labute approximate surface area is 127 Å². The maximum Gasteiger partial charge on any atom is 0.274 e. The van der Waals surface area contributed by atoms with E-state index in [0.717, 1.165) is 22.3 Å². The Bertz CT molecular complexity index is 832. The molecule has 0 bridgehead atoms. The summed E-state index contributed by atoms with van der Waals surface area (Å²) in [5.41, 5.74) is 3.55. The van der Waals surface area contributed by atoms with Crippen molar-refractivity contribution in [1.82, 2.24) is 9.71 Å². The largest absolute Gasteiger partial charge is 0.310 e. The summed E-state index contributed by atoms with van der Waals surface area (Å²) < 4.78 is 24.0. The molecule has 2 heterocycles. The summed E-state index contributed by atoms with van der Waals surface area (Å²) in [7, 11) is -3.70. The van der Waals surface area contributed by atoms with E-state index in [1.807, 2.05) is 30.3 Å². The van der Waals surface area contributed by atoms with Gasteiger partial charge in [-0.3, -0.25) is 4.79 Å². The molecule has 114 valence electrons. The first-order chi connectivity index (χ1) is 10.4. The molecule has 2 aromatic rings. The Hall–Kier alpha value is -2.29. The van der Waals surface area contributed by atoms with Crippen molar-refractivity contribution in [2.45, 2.75) is 13.0 Å². The Morgan fingerprint density at radius 3 is 2.64 bits per heavy atom. The number of carbonyl (C=O) groups excluding carboxylic acids is 1. The molecule has 1 aliphatic rings. The summed E-state index contributed by atoms with van der Waals surface area (Å²) in [6.07, 6.45) is 1.96. The van der Waals surface area contributed by atoms with Gasteiger partial charge in [-0.1, -0.05) is 24.3 Å². The van der Waals surface area contributed by atoms with E-state index in [9.17, 15) is 13.2 Å². The molecule has 22 heavy (non-hydrogen) atoms. The van der Waals surface area contributed by atoms with Gasteiger partial charge in [0, 0.05) is 18.3 Å². The minimum atomic E-state index is -3.70. The second-order valence-electron chi connectivity index (χ2n) is 4.97. The second kappa shape index (κ2) is 5.48. The SMILES string of the molecule is NS(=O)(=O)NCc1ccc(-c2ccnc3c2CC(=O)N3)cc1. The van der Waals surface area contributed by atoms with Gasteiger partial charge in [0.2, 0.25) is 5.91 Å². The smallest absolute Gasteiger partial charge is 0.274 e. The minimum Gasteiger partial charge on any atom is -0.310 e. The zero-order chi connectivity index (χ0) is 15.7. The molecule has 4 N–H and O–H groups in total. The lowest BCUT2D eigenvalue weighted by Gasteiger charge is -2.08. The van der Waals surface area contributed by atoms with Crippen LogP contribution >= 0.6 is 0 Å². The number of fused-ring (bicyclic) bond motifs is 1. The number of amides is 1. The van der Waals surface area contributed by atoms with E-state index in [0.29, 0.717) is 12.2 Å². The summed E-state index contributed by atoms with van der Waals surface area (Å²) in [6, 6.07) is 9.23. The van der Waals surface area contributed by atoms with Gasteiger partial charge >= 0.3 is 0 Å². The third-order valence-electron chi connectivity index (χ3n) is 3.39. The van der Waals surface area contributed by atoms with Gasteiger partial charge in [-0.15, -0.1) is 0 Å². The molecule has 7 nitrogen and oxygen atoms in total. The van der Waals surface area contributed by atoms with Gasteiger partial charge in [-0.25, -0.2) is 10.1 Å². The summed E-state index contributed by atoms with van der Waals surface area (Å²) in [6.45, 7) is 0.133. The number of nitrogens with one attached hydrogen (secondary N) is 2. The first kappa shape index (κ1) is 14.6. The predicted molar refractivity (Wildman–Crippen MR) is 82.0 cm³/mol. The van der Waals surface area contributed by atoms with Crippen LogP contribution in [0.15, 0.2) is 36.5 Å². The molecule has 1 aromatic heterocycles. The number of rotatable bonds is 4. The molecule has 1 amide bonds. The fourth-order valence-corrected chi connectivity index (χ4v) is 2.74. The number of nitrogens with zero attached hydrogens (tertiary/aromatic N) is 1. The third kappa shape index (κ3) is 3.14. The third-order valence-corrected chi connectivity index (χ3v) is 3.94. The standard InChI is InChI=1S/C14H14N4O3S/c15-22(20,21)17-8-9-1-3-10(4-2-9)11-5-6-16-14-12(11)7-13(19)18-14/h1-6,17H,7-8H2,(H2,15,20,21)(H,16,18,19). The second-order valence-corrected chi connectivity index (χ2v) is 6.35. The first-order valence-corrected chi connectivity index (χ1v) is 8.11. The van der Waals surface area contributed by atoms with E-state index in [1.54, 1.807) is 6.20 Å². The van der Waals surface area contributed by atoms with Crippen molar-refractivity contribution in [2.75, 3.05) is 5.32 Å².